The molecule has 24 aromatic rings. The number of anilines is 9. The molecule has 0 aliphatic carbocycles. The summed E-state index contributed by atoms with van der Waals surface area (Å²) < 4.78 is 14.1. The van der Waals surface area contributed by atoms with E-state index in [0.717, 1.165) is 68.2 Å². The van der Waals surface area contributed by atoms with Crippen LogP contribution in [-0.4, -0.2) is 27.4 Å². The molecule has 690 valence electrons. The molecular formula is C132H117N9. The fourth-order valence-corrected chi connectivity index (χ4v) is 20.5. The molecule has 6 heterocycles. The summed E-state index contributed by atoms with van der Waals surface area (Å²) in [5, 5.41) is 11.2. The van der Waals surface area contributed by atoms with Gasteiger partial charge in [0.2, 0.25) is 0 Å². The van der Waals surface area contributed by atoms with Crippen molar-refractivity contribution in [3.63, 3.8) is 0 Å². The first-order chi connectivity index (χ1) is 68.3. The number of aryl methyl sites for hydroxylation is 2. The normalized spacial score (nSPS) is 12.0. The largest absolute Gasteiger partial charge is 0.317 e. The molecule has 0 spiro atoms. The van der Waals surface area contributed by atoms with E-state index in [9.17, 15) is 0 Å². The highest BCUT2D eigenvalue weighted by Crippen LogP contribution is 2.47. The lowest BCUT2D eigenvalue weighted by molar-refractivity contribution is 0.590. The molecule has 0 unspecified atom stereocenters. The smallest absolute Gasteiger partial charge is 0.0548 e. The molecule has 0 aliphatic heterocycles. The van der Waals surface area contributed by atoms with Crippen molar-refractivity contribution in [3.8, 4) is 34.1 Å². The predicted octanol–water partition coefficient (Wildman–Crippen LogP) is 36.4. The third-order valence-corrected chi connectivity index (χ3v) is 28.2. The van der Waals surface area contributed by atoms with Gasteiger partial charge in [0.1, 0.15) is 0 Å². The molecule has 0 aliphatic rings. The number of fused-ring (bicyclic) bond motifs is 12. The van der Waals surface area contributed by atoms with Gasteiger partial charge in [-0.05, 0) is 300 Å². The second-order valence-electron chi connectivity index (χ2n) is 41.8. The van der Waals surface area contributed by atoms with Gasteiger partial charge in [-0.15, -0.1) is 0 Å². The molecule has 0 bridgehead atoms. The van der Waals surface area contributed by atoms with Crippen molar-refractivity contribution in [1.29, 1.82) is 0 Å². The maximum atomic E-state index is 2.43. The Morgan fingerprint density at radius 1 is 0.163 bits per heavy atom. The summed E-state index contributed by atoms with van der Waals surface area (Å²) in [6.07, 6.45) is 6.53. The maximum absolute atomic E-state index is 2.43. The molecule has 141 heavy (non-hydrogen) atoms. The number of hydrogen-bond donors (Lipinski definition) is 0. The topological polar surface area (TPSA) is 39.3 Å². The minimum atomic E-state index is 0.0850. The molecule has 0 saturated heterocycles. The summed E-state index contributed by atoms with van der Waals surface area (Å²) in [5.74, 6) is 0. The molecule has 0 amide bonds. The van der Waals surface area contributed by atoms with Gasteiger partial charge in [-0.2, -0.15) is 0 Å². The Balaban J connectivity index is 0.000000122. The number of rotatable bonds is 15. The van der Waals surface area contributed by atoms with Gasteiger partial charge < -0.3 is 42.1 Å². The van der Waals surface area contributed by atoms with E-state index in [1.165, 1.54) is 149 Å². The van der Waals surface area contributed by atoms with Crippen LogP contribution in [0.2, 0.25) is 0 Å². The minimum absolute atomic E-state index is 0.0850. The van der Waals surface area contributed by atoms with Crippen LogP contribution in [0, 0.1) is 13.8 Å². The van der Waals surface area contributed by atoms with Crippen LogP contribution in [0.3, 0.4) is 0 Å². The summed E-state index contributed by atoms with van der Waals surface area (Å²) in [6, 6.07) is 160. The van der Waals surface area contributed by atoms with Gasteiger partial charge in [0.15, 0.2) is 0 Å². The van der Waals surface area contributed by atoms with Crippen molar-refractivity contribution in [3.05, 3.63) is 489 Å². The minimum Gasteiger partial charge on any atom is -0.317 e. The molecule has 24 rings (SSSR count). The molecule has 9 nitrogen and oxygen atoms in total. The van der Waals surface area contributed by atoms with E-state index in [0.29, 0.717) is 0 Å². The second-order valence-corrected chi connectivity index (χ2v) is 41.8. The van der Waals surface area contributed by atoms with E-state index in [1.54, 1.807) is 0 Å². The summed E-state index contributed by atoms with van der Waals surface area (Å²) >= 11 is 0. The zero-order valence-corrected chi connectivity index (χ0v) is 82.8. The van der Waals surface area contributed by atoms with Gasteiger partial charge in [-0.3, -0.25) is 0 Å². The van der Waals surface area contributed by atoms with Crippen LogP contribution in [0.1, 0.15) is 116 Å². The van der Waals surface area contributed by atoms with Crippen LogP contribution in [-0.2, 0) is 21.7 Å². The van der Waals surface area contributed by atoms with Crippen LogP contribution in [0.5, 0.6) is 0 Å². The number of aromatic nitrogens is 6. The van der Waals surface area contributed by atoms with Gasteiger partial charge in [-0.1, -0.05) is 288 Å². The maximum Gasteiger partial charge on any atom is 0.0548 e. The first-order valence-corrected chi connectivity index (χ1v) is 49.3. The van der Waals surface area contributed by atoms with E-state index in [1.807, 2.05) is 0 Å². The lowest BCUT2D eigenvalue weighted by Gasteiger charge is -2.28. The van der Waals surface area contributed by atoms with Crippen LogP contribution in [0.4, 0.5) is 51.2 Å². The van der Waals surface area contributed by atoms with E-state index < -0.39 is 0 Å². The Morgan fingerprint density at radius 2 is 0.397 bits per heavy atom. The summed E-state index contributed by atoms with van der Waals surface area (Å²) in [6.45, 7) is 31.5. The van der Waals surface area contributed by atoms with Crippen molar-refractivity contribution in [2.24, 2.45) is 0 Å². The third-order valence-electron chi connectivity index (χ3n) is 28.2. The fourth-order valence-electron chi connectivity index (χ4n) is 20.5. The quantitative estimate of drug-likeness (QED) is 0.103. The number of benzene rings is 18. The highest BCUT2D eigenvalue weighted by molar-refractivity contribution is 6.16. The van der Waals surface area contributed by atoms with E-state index in [4.69, 9.17) is 0 Å². The van der Waals surface area contributed by atoms with Crippen molar-refractivity contribution >= 4 is 149 Å². The second kappa shape index (κ2) is 36.1. The summed E-state index contributed by atoms with van der Waals surface area (Å²) in [4.78, 5) is 7.09. The SMILES string of the molecule is CC(C)(C)c1ccc(N(c2ccc(-n3c4ccccc4c4cc5c(ccn5-c5ccccc5)cc43)cc2)c2ccc(C(C)(C)C)cc2)cc1.CC(C)(C)c1ccc(N(c2ccc(C(C)(C)C)cc2)c2cccc(-n3c4ccccc4c4cc5c(ccn5-c5ccccc5)cc43)c2)cc1.Cc1ccc(N(c2ccc(C)cc2)c2cccc(-n3c4ccccc4c4cc5c(ccn5-c5ccccc5)cc43)c2)cc1. The van der Waals surface area contributed by atoms with Gasteiger partial charge in [0.05, 0.1) is 49.7 Å². The number of nitrogens with zero attached hydrogens (tertiary/aromatic N) is 9. The Kier molecular flexibility index (Phi) is 22.9. The van der Waals surface area contributed by atoms with E-state index >= 15 is 0 Å². The molecule has 0 fully saturated rings. The first kappa shape index (κ1) is 89.6. The van der Waals surface area contributed by atoms with Crippen molar-refractivity contribution < 1.29 is 0 Å². The lowest BCUT2D eigenvalue weighted by atomic mass is 9.86. The van der Waals surface area contributed by atoms with E-state index in [2.05, 4.69) is 594 Å². The van der Waals surface area contributed by atoms with Crippen LogP contribution in [0.15, 0.2) is 455 Å². The van der Waals surface area contributed by atoms with Crippen LogP contribution in [0.25, 0.3) is 132 Å². The molecule has 0 radical (unpaired) electrons. The Morgan fingerprint density at radius 3 is 0.674 bits per heavy atom. The molecule has 0 atom stereocenters. The summed E-state index contributed by atoms with van der Waals surface area (Å²) in [7, 11) is 0. The first-order valence-electron chi connectivity index (χ1n) is 49.3. The standard InChI is InChI=1S/2C46H43N3.C40H31N3/c1-45(2,3)33-19-23-36(24-20-33)48(37-25-21-34(22-26-37)46(4,5)6)38-15-12-16-39(30-38)49-42-18-11-10-17-40(42)41-31-43-32(29-44(41)49)27-28-47(43)35-13-8-7-9-14-35;1-45(2,3)33-16-20-36(21-17-33)48(37-22-18-34(19-23-37)46(4,5)6)38-24-26-39(27-25-38)49-42-15-11-10-14-40(42)41-31-43-32(30-44(41)49)28-29-47(43)35-12-8-7-9-13-35;1-28-15-19-32(20-16-28)42(33-21-17-29(2)18-22-33)34-11-8-12-35(26-34)43-38-14-7-6-13-36(38)37-27-39-30(25-40(37)43)23-24-41(39)31-9-4-3-5-10-31/h2*7-31H,1-6H3;3-27H,1-2H3. The zero-order valence-electron chi connectivity index (χ0n) is 82.8. The van der Waals surface area contributed by atoms with Gasteiger partial charge in [0, 0.05) is 152 Å². The molecule has 0 N–H and O–H groups in total. The average Bonchev–Trinajstić information content (AvgIpc) is 1.58. The molecule has 0 saturated carbocycles. The Labute approximate surface area is 827 Å². The number of para-hydroxylation sites is 6. The Hall–Kier alpha value is -16.6. The zero-order chi connectivity index (χ0) is 96.7. The monoisotopic (exact) mass is 1830 g/mol. The van der Waals surface area contributed by atoms with Crippen LogP contribution >= 0.6 is 0 Å². The number of hydrogen-bond acceptors (Lipinski definition) is 3. The molecular weight excluding hydrogens is 1710 g/mol. The van der Waals surface area contributed by atoms with E-state index in [-0.39, 0.29) is 21.7 Å². The molecule has 9 heteroatoms. The van der Waals surface area contributed by atoms with Gasteiger partial charge in [-0.25, -0.2) is 0 Å². The molecule has 6 aromatic heterocycles. The fraction of sp³-hybridized carbons (Fsp3) is 0.136. The van der Waals surface area contributed by atoms with Gasteiger partial charge in [0.25, 0.3) is 0 Å². The third kappa shape index (κ3) is 17.2. The predicted molar refractivity (Wildman–Crippen MR) is 601 cm³/mol. The molecule has 18 aromatic carbocycles. The van der Waals surface area contributed by atoms with Crippen LogP contribution < -0.4 is 14.7 Å². The highest BCUT2D eigenvalue weighted by atomic mass is 15.2. The van der Waals surface area contributed by atoms with Crippen molar-refractivity contribution in [1.82, 2.24) is 27.4 Å². The Bertz CT molecular complexity index is 8540. The highest BCUT2D eigenvalue weighted by Gasteiger charge is 2.27. The van der Waals surface area contributed by atoms with Gasteiger partial charge >= 0.3 is 0 Å². The lowest BCUT2D eigenvalue weighted by Crippen LogP contribution is -2.14. The van der Waals surface area contributed by atoms with Crippen molar-refractivity contribution in [2.75, 3.05) is 14.7 Å². The van der Waals surface area contributed by atoms with Crippen molar-refractivity contribution in [2.45, 2.75) is 119 Å². The summed E-state index contributed by atoms with van der Waals surface area (Å²) in [5.41, 5.74) is 36.1. The average molecular weight is 1830 g/mol.